The Hall–Kier alpha value is -1.31. The van der Waals surface area contributed by atoms with Crippen molar-refractivity contribution in [3.8, 4) is 11.8 Å². The van der Waals surface area contributed by atoms with E-state index in [1.54, 1.807) is 0 Å². The van der Waals surface area contributed by atoms with Gasteiger partial charge in [-0.15, -0.1) is 11.3 Å². The maximum absolute atomic E-state index is 12.2. The second-order valence-electron chi connectivity index (χ2n) is 5.05. The van der Waals surface area contributed by atoms with Crippen molar-refractivity contribution >= 4 is 17.2 Å². The third kappa shape index (κ3) is 3.82. The molecule has 0 aromatic carbocycles. The Balaban J connectivity index is 1.98. The van der Waals surface area contributed by atoms with Crippen molar-refractivity contribution in [3.63, 3.8) is 0 Å². The van der Waals surface area contributed by atoms with E-state index in [1.807, 2.05) is 11.4 Å². The van der Waals surface area contributed by atoms with Gasteiger partial charge in [0.15, 0.2) is 0 Å². The SMILES string of the molecule is CC1CCC(NC(=O)c2sccc2C#CCO)CC1. The Morgan fingerprint density at radius 2 is 2.21 bits per heavy atom. The number of rotatable bonds is 2. The van der Waals surface area contributed by atoms with Crippen molar-refractivity contribution in [3.05, 3.63) is 21.9 Å². The highest BCUT2D eigenvalue weighted by Crippen LogP contribution is 2.24. The molecule has 0 radical (unpaired) electrons. The van der Waals surface area contributed by atoms with Crippen LogP contribution < -0.4 is 5.32 Å². The van der Waals surface area contributed by atoms with Crippen molar-refractivity contribution < 1.29 is 9.90 Å². The van der Waals surface area contributed by atoms with E-state index < -0.39 is 0 Å². The predicted molar refractivity (Wildman–Crippen MR) is 77.2 cm³/mol. The molecule has 0 bridgehead atoms. The van der Waals surface area contributed by atoms with Gasteiger partial charge in [-0.05, 0) is 43.0 Å². The van der Waals surface area contributed by atoms with E-state index in [2.05, 4.69) is 24.1 Å². The summed E-state index contributed by atoms with van der Waals surface area (Å²) in [6.07, 6.45) is 4.50. The number of carbonyl (C=O) groups is 1. The van der Waals surface area contributed by atoms with E-state index >= 15 is 0 Å². The lowest BCUT2D eigenvalue weighted by Crippen LogP contribution is -2.37. The summed E-state index contributed by atoms with van der Waals surface area (Å²) in [4.78, 5) is 12.9. The molecule has 1 aliphatic rings. The van der Waals surface area contributed by atoms with Crippen LogP contribution in [0, 0.1) is 17.8 Å². The molecule has 0 saturated heterocycles. The molecule has 1 saturated carbocycles. The summed E-state index contributed by atoms with van der Waals surface area (Å²) in [6, 6.07) is 2.12. The van der Waals surface area contributed by atoms with Crippen LogP contribution in [0.5, 0.6) is 0 Å². The average Bonchev–Trinajstić information content (AvgIpc) is 2.87. The lowest BCUT2D eigenvalue weighted by Gasteiger charge is -2.26. The molecular formula is C15H19NO2S. The molecule has 1 aromatic rings. The van der Waals surface area contributed by atoms with Gasteiger partial charge in [-0.1, -0.05) is 18.8 Å². The largest absolute Gasteiger partial charge is 0.384 e. The molecule has 0 atom stereocenters. The summed E-state index contributed by atoms with van der Waals surface area (Å²) in [5.74, 6) is 6.15. The molecule has 1 aliphatic carbocycles. The maximum Gasteiger partial charge on any atom is 0.262 e. The zero-order valence-electron chi connectivity index (χ0n) is 11.1. The molecule has 0 aliphatic heterocycles. The van der Waals surface area contributed by atoms with Crippen LogP contribution in [0.3, 0.4) is 0 Å². The normalized spacial score (nSPS) is 22.4. The lowest BCUT2D eigenvalue weighted by molar-refractivity contribution is 0.0927. The van der Waals surface area contributed by atoms with Crippen molar-refractivity contribution in [1.82, 2.24) is 5.32 Å². The molecule has 4 heteroatoms. The second kappa shape index (κ2) is 6.74. The number of hydrogen-bond donors (Lipinski definition) is 2. The molecule has 1 heterocycles. The Kier molecular flexibility index (Phi) is 5.00. The summed E-state index contributed by atoms with van der Waals surface area (Å²) in [7, 11) is 0. The van der Waals surface area contributed by atoms with Crippen LogP contribution >= 0.6 is 11.3 Å². The van der Waals surface area contributed by atoms with Crippen molar-refractivity contribution in [2.75, 3.05) is 6.61 Å². The number of carbonyl (C=O) groups excluding carboxylic acids is 1. The van der Waals surface area contributed by atoms with E-state index in [0.29, 0.717) is 16.5 Å². The summed E-state index contributed by atoms with van der Waals surface area (Å²) < 4.78 is 0. The monoisotopic (exact) mass is 277 g/mol. The molecule has 102 valence electrons. The number of nitrogens with one attached hydrogen (secondary N) is 1. The number of aliphatic hydroxyl groups excluding tert-OH is 1. The van der Waals surface area contributed by atoms with Gasteiger partial charge in [-0.25, -0.2) is 0 Å². The maximum atomic E-state index is 12.2. The van der Waals surface area contributed by atoms with Crippen molar-refractivity contribution in [2.45, 2.75) is 38.6 Å². The van der Waals surface area contributed by atoms with Crippen LogP contribution in [-0.2, 0) is 0 Å². The second-order valence-corrected chi connectivity index (χ2v) is 5.97. The summed E-state index contributed by atoms with van der Waals surface area (Å²) in [5.41, 5.74) is 0.709. The Morgan fingerprint density at radius 3 is 2.89 bits per heavy atom. The molecule has 1 aromatic heterocycles. The van der Waals surface area contributed by atoms with E-state index in [4.69, 9.17) is 5.11 Å². The molecule has 0 spiro atoms. The van der Waals surface area contributed by atoms with Gasteiger partial charge >= 0.3 is 0 Å². The highest BCUT2D eigenvalue weighted by Gasteiger charge is 2.21. The lowest BCUT2D eigenvalue weighted by atomic mass is 9.87. The average molecular weight is 277 g/mol. The molecule has 3 nitrogen and oxygen atoms in total. The van der Waals surface area contributed by atoms with E-state index in [1.165, 1.54) is 24.2 Å². The van der Waals surface area contributed by atoms with Crippen LogP contribution in [0.4, 0.5) is 0 Å². The first kappa shape index (κ1) is 14.1. The summed E-state index contributed by atoms with van der Waals surface area (Å²) in [5, 5.41) is 13.7. The summed E-state index contributed by atoms with van der Waals surface area (Å²) >= 11 is 1.40. The minimum Gasteiger partial charge on any atom is -0.384 e. The van der Waals surface area contributed by atoms with Gasteiger partial charge in [-0.3, -0.25) is 4.79 Å². The summed E-state index contributed by atoms with van der Waals surface area (Å²) in [6.45, 7) is 2.08. The van der Waals surface area contributed by atoms with Crippen LogP contribution in [0.1, 0.15) is 47.8 Å². The van der Waals surface area contributed by atoms with E-state index in [9.17, 15) is 4.79 Å². The molecule has 2 N–H and O–H groups in total. The molecule has 2 rings (SSSR count). The Labute approximate surface area is 118 Å². The molecule has 0 unspecified atom stereocenters. The number of aliphatic hydroxyl groups is 1. The van der Waals surface area contributed by atoms with Gasteiger partial charge in [0.25, 0.3) is 5.91 Å². The van der Waals surface area contributed by atoms with Crippen molar-refractivity contribution in [1.29, 1.82) is 0 Å². The molecule has 1 amide bonds. The van der Waals surface area contributed by atoms with E-state index in [0.717, 1.165) is 18.8 Å². The van der Waals surface area contributed by atoms with Gasteiger partial charge in [0.2, 0.25) is 0 Å². The molecule has 19 heavy (non-hydrogen) atoms. The highest BCUT2D eigenvalue weighted by atomic mass is 32.1. The minimum absolute atomic E-state index is 0.0307. The zero-order chi connectivity index (χ0) is 13.7. The fraction of sp³-hybridized carbons (Fsp3) is 0.533. The Bertz CT molecular complexity index is 490. The first-order chi connectivity index (χ1) is 9.20. The number of amides is 1. The fourth-order valence-corrected chi connectivity index (χ4v) is 3.13. The zero-order valence-corrected chi connectivity index (χ0v) is 11.9. The van der Waals surface area contributed by atoms with Gasteiger partial charge in [0, 0.05) is 11.6 Å². The number of hydrogen-bond acceptors (Lipinski definition) is 3. The van der Waals surface area contributed by atoms with E-state index in [-0.39, 0.29) is 12.5 Å². The number of thiophene rings is 1. The van der Waals surface area contributed by atoms with Crippen LogP contribution in [-0.4, -0.2) is 23.7 Å². The first-order valence-electron chi connectivity index (χ1n) is 6.68. The molecular weight excluding hydrogens is 258 g/mol. The topological polar surface area (TPSA) is 49.3 Å². The van der Waals surface area contributed by atoms with Gasteiger partial charge in [-0.2, -0.15) is 0 Å². The third-order valence-electron chi connectivity index (χ3n) is 3.52. The first-order valence-corrected chi connectivity index (χ1v) is 7.56. The van der Waals surface area contributed by atoms with Crippen LogP contribution in [0.25, 0.3) is 0 Å². The Morgan fingerprint density at radius 1 is 1.47 bits per heavy atom. The fourth-order valence-electron chi connectivity index (χ4n) is 2.37. The smallest absolute Gasteiger partial charge is 0.262 e. The standard InChI is InChI=1S/C15H19NO2S/c1-11-4-6-13(7-5-11)16-15(18)14-12(3-2-9-17)8-10-19-14/h8,10-11,13,17H,4-7,9H2,1H3,(H,16,18). The van der Waals surface area contributed by atoms with Gasteiger partial charge in [0.05, 0.1) is 0 Å². The van der Waals surface area contributed by atoms with Crippen molar-refractivity contribution in [2.24, 2.45) is 5.92 Å². The third-order valence-corrected chi connectivity index (χ3v) is 4.44. The predicted octanol–water partition coefficient (Wildman–Crippen LogP) is 2.40. The van der Waals surface area contributed by atoms with Crippen LogP contribution in [0.2, 0.25) is 0 Å². The minimum atomic E-state index is -0.183. The quantitative estimate of drug-likeness (QED) is 0.816. The highest BCUT2D eigenvalue weighted by molar-refractivity contribution is 7.12. The molecule has 1 fully saturated rings. The van der Waals surface area contributed by atoms with Crippen LogP contribution in [0.15, 0.2) is 11.4 Å². The van der Waals surface area contributed by atoms with Gasteiger partial charge in [0.1, 0.15) is 11.5 Å². The van der Waals surface area contributed by atoms with Gasteiger partial charge < -0.3 is 10.4 Å².